The molecule has 0 aromatic carbocycles. The molecule has 2 nitrogen and oxygen atoms in total. The van der Waals surface area contributed by atoms with Crippen LogP contribution in [0.5, 0.6) is 0 Å². The van der Waals surface area contributed by atoms with Crippen molar-refractivity contribution in [3.63, 3.8) is 0 Å². The first-order valence-electron chi connectivity index (χ1n) is 4.07. The largest absolute Gasteiger partial charge is 0.350 e. The van der Waals surface area contributed by atoms with Crippen LogP contribution in [0, 0.1) is 6.92 Å². The third-order valence-electron chi connectivity index (χ3n) is 1.50. The number of aryl methyl sites for hydroxylation is 1. The van der Waals surface area contributed by atoms with Gasteiger partial charge in [-0.15, -0.1) is 11.3 Å². The van der Waals surface area contributed by atoms with Crippen molar-refractivity contribution < 1.29 is 4.79 Å². The predicted molar refractivity (Wildman–Crippen MR) is 59.8 cm³/mol. The standard InChI is InChI=1S/C9H12BrNOS/c1-6-3-8(13-5-6)9(12)11-4-7(2)10/h3,5,7H,4H2,1-2H3,(H,11,12). The van der Waals surface area contributed by atoms with Crippen LogP contribution in [0.4, 0.5) is 0 Å². The lowest BCUT2D eigenvalue weighted by atomic mass is 10.3. The van der Waals surface area contributed by atoms with Gasteiger partial charge in [0.2, 0.25) is 0 Å². The number of carbonyl (C=O) groups excluding carboxylic acids is 1. The lowest BCUT2D eigenvalue weighted by Gasteiger charge is -2.04. The van der Waals surface area contributed by atoms with Crippen LogP contribution in [0.2, 0.25) is 0 Å². The highest BCUT2D eigenvalue weighted by atomic mass is 79.9. The second-order valence-electron chi connectivity index (χ2n) is 2.98. The Labute approximate surface area is 90.5 Å². The van der Waals surface area contributed by atoms with E-state index in [-0.39, 0.29) is 5.91 Å². The molecule has 1 unspecified atom stereocenters. The van der Waals surface area contributed by atoms with E-state index in [9.17, 15) is 4.79 Å². The minimum atomic E-state index is 0.0180. The van der Waals surface area contributed by atoms with Crippen LogP contribution >= 0.6 is 27.3 Å². The van der Waals surface area contributed by atoms with Crippen molar-refractivity contribution in [3.8, 4) is 0 Å². The van der Waals surface area contributed by atoms with Crippen molar-refractivity contribution in [2.24, 2.45) is 0 Å². The normalized spacial score (nSPS) is 12.5. The van der Waals surface area contributed by atoms with Crippen LogP contribution in [0.15, 0.2) is 11.4 Å². The molecule has 1 rings (SSSR count). The molecule has 0 spiro atoms. The summed E-state index contributed by atoms with van der Waals surface area (Å²) in [6.07, 6.45) is 0. The third-order valence-corrected chi connectivity index (χ3v) is 2.87. The molecule has 72 valence electrons. The summed E-state index contributed by atoms with van der Waals surface area (Å²) in [5, 5.41) is 4.81. The molecule has 0 aliphatic rings. The number of halogens is 1. The van der Waals surface area contributed by atoms with Crippen LogP contribution in [-0.4, -0.2) is 17.3 Å². The van der Waals surface area contributed by atoms with Gasteiger partial charge in [0.1, 0.15) is 0 Å². The van der Waals surface area contributed by atoms with Gasteiger partial charge in [-0.2, -0.15) is 0 Å². The van der Waals surface area contributed by atoms with E-state index >= 15 is 0 Å². The zero-order valence-corrected chi connectivity index (χ0v) is 10.0. The molecule has 1 N–H and O–H groups in total. The van der Waals surface area contributed by atoms with Crippen molar-refractivity contribution in [2.45, 2.75) is 18.7 Å². The maximum absolute atomic E-state index is 11.4. The number of nitrogens with one attached hydrogen (secondary N) is 1. The number of hydrogen-bond acceptors (Lipinski definition) is 2. The first-order chi connectivity index (χ1) is 6.09. The summed E-state index contributed by atoms with van der Waals surface area (Å²) in [5.41, 5.74) is 1.14. The molecule has 1 amide bonds. The van der Waals surface area contributed by atoms with Crippen molar-refractivity contribution >= 4 is 33.2 Å². The Hall–Kier alpha value is -0.350. The zero-order valence-electron chi connectivity index (χ0n) is 7.63. The van der Waals surface area contributed by atoms with E-state index in [1.807, 2.05) is 25.3 Å². The summed E-state index contributed by atoms with van der Waals surface area (Å²) < 4.78 is 0. The molecule has 1 aromatic heterocycles. The Balaban J connectivity index is 2.49. The number of amides is 1. The van der Waals surface area contributed by atoms with Crippen molar-refractivity contribution in [2.75, 3.05) is 6.54 Å². The van der Waals surface area contributed by atoms with E-state index in [0.29, 0.717) is 11.4 Å². The Kier molecular flexibility index (Phi) is 3.93. The Morgan fingerprint density at radius 1 is 1.77 bits per heavy atom. The molecule has 0 aliphatic carbocycles. The van der Waals surface area contributed by atoms with Crippen LogP contribution in [0.3, 0.4) is 0 Å². The van der Waals surface area contributed by atoms with E-state index in [2.05, 4.69) is 21.2 Å². The molecular formula is C9H12BrNOS. The number of carbonyl (C=O) groups is 1. The number of hydrogen-bond donors (Lipinski definition) is 1. The van der Waals surface area contributed by atoms with Gasteiger partial charge in [-0.3, -0.25) is 4.79 Å². The Morgan fingerprint density at radius 2 is 2.46 bits per heavy atom. The molecule has 1 aromatic rings. The number of alkyl halides is 1. The van der Waals surface area contributed by atoms with E-state index < -0.39 is 0 Å². The zero-order chi connectivity index (χ0) is 9.84. The molecule has 0 saturated carbocycles. The molecule has 0 aliphatic heterocycles. The maximum atomic E-state index is 11.4. The van der Waals surface area contributed by atoms with Crippen LogP contribution in [0.25, 0.3) is 0 Å². The summed E-state index contributed by atoms with van der Waals surface area (Å²) in [5.74, 6) is 0.0180. The van der Waals surface area contributed by atoms with Gasteiger partial charge < -0.3 is 5.32 Å². The van der Waals surface area contributed by atoms with Gasteiger partial charge in [0.15, 0.2) is 0 Å². The molecule has 13 heavy (non-hydrogen) atoms. The van der Waals surface area contributed by atoms with E-state index in [0.717, 1.165) is 10.4 Å². The lowest BCUT2D eigenvalue weighted by Crippen LogP contribution is -2.27. The van der Waals surface area contributed by atoms with Crippen molar-refractivity contribution in [3.05, 3.63) is 21.9 Å². The summed E-state index contributed by atoms with van der Waals surface area (Å²) >= 11 is 4.85. The second kappa shape index (κ2) is 4.77. The monoisotopic (exact) mass is 261 g/mol. The van der Waals surface area contributed by atoms with Crippen molar-refractivity contribution in [1.29, 1.82) is 0 Å². The topological polar surface area (TPSA) is 29.1 Å². The minimum absolute atomic E-state index is 0.0180. The van der Waals surface area contributed by atoms with Crippen molar-refractivity contribution in [1.82, 2.24) is 5.32 Å². The number of thiophene rings is 1. The average Bonchev–Trinajstić information content (AvgIpc) is 2.47. The fourth-order valence-electron chi connectivity index (χ4n) is 0.871. The predicted octanol–water partition coefficient (Wildman–Crippen LogP) is 2.57. The van der Waals surface area contributed by atoms with Crippen LogP contribution in [-0.2, 0) is 0 Å². The highest BCUT2D eigenvalue weighted by Crippen LogP contribution is 2.13. The maximum Gasteiger partial charge on any atom is 0.261 e. The molecular weight excluding hydrogens is 250 g/mol. The molecule has 1 atom stereocenters. The summed E-state index contributed by atoms with van der Waals surface area (Å²) in [7, 11) is 0. The smallest absolute Gasteiger partial charge is 0.261 e. The molecule has 0 saturated heterocycles. The Morgan fingerprint density at radius 3 is 2.92 bits per heavy atom. The first kappa shape index (κ1) is 10.7. The van der Waals surface area contributed by atoms with E-state index in [4.69, 9.17) is 0 Å². The van der Waals surface area contributed by atoms with Gasteiger partial charge in [-0.05, 0) is 23.9 Å². The lowest BCUT2D eigenvalue weighted by molar-refractivity contribution is 0.0958. The van der Waals surface area contributed by atoms with Gasteiger partial charge in [-0.1, -0.05) is 22.9 Å². The summed E-state index contributed by atoms with van der Waals surface area (Å²) in [6, 6.07) is 1.90. The molecule has 0 radical (unpaired) electrons. The average molecular weight is 262 g/mol. The van der Waals surface area contributed by atoms with E-state index in [1.54, 1.807) is 0 Å². The van der Waals surface area contributed by atoms with Gasteiger partial charge in [0.25, 0.3) is 5.91 Å². The minimum Gasteiger partial charge on any atom is -0.350 e. The van der Waals surface area contributed by atoms with Gasteiger partial charge in [0, 0.05) is 11.4 Å². The van der Waals surface area contributed by atoms with Gasteiger partial charge in [0.05, 0.1) is 4.88 Å². The van der Waals surface area contributed by atoms with Gasteiger partial charge in [-0.25, -0.2) is 0 Å². The molecule has 1 heterocycles. The quantitative estimate of drug-likeness (QED) is 0.833. The Bertz CT molecular complexity index is 296. The first-order valence-corrected chi connectivity index (χ1v) is 5.86. The van der Waals surface area contributed by atoms with Crippen LogP contribution in [0.1, 0.15) is 22.2 Å². The third kappa shape index (κ3) is 3.48. The number of rotatable bonds is 3. The molecule has 0 fully saturated rings. The summed E-state index contributed by atoms with van der Waals surface area (Å²) in [4.78, 5) is 12.5. The highest BCUT2D eigenvalue weighted by molar-refractivity contribution is 9.09. The molecule has 4 heteroatoms. The fraction of sp³-hybridized carbons (Fsp3) is 0.444. The summed E-state index contributed by atoms with van der Waals surface area (Å²) in [6.45, 7) is 4.65. The van der Waals surface area contributed by atoms with E-state index in [1.165, 1.54) is 11.3 Å². The van der Waals surface area contributed by atoms with Gasteiger partial charge >= 0.3 is 0 Å². The molecule has 0 bridgehead atoms. The SMILES string of the molecule is Cc1csc(C(=O)NCC(C)Br)c1. The fourth-order valence-corrected chi connectivity index (χ4v) is 1.85. The van der Waals surface area contributed by atoms with Crippen LogP contribution < -0.4 is 5.32 Å². The highest BCUT2D eigenvalue weighted by Gasteiger charge is 2.07. The second-order valence-corrected chi connectivity index (χ2v) is 5.45.